The predicted molar refractivity (Wildman–Crippen MR) is 99.6 cm³/mol. The van der Waals surface area contributed by atoms with Crippen molar-refractivity contribution in [1.29, 1.82) is 0 Å². The molecule has 0 saturated heterocycles. The van der Waals surface area contributed by atoms with E-state index < -0.39 is 0 Å². The van der Waals surface area contributed by atoms with Crippen LogP contribution in [0, 0.1) is 0 Å². The van der Waals surface area contributed by atoms with Crippen molar-refractivity contribution < 1.29 is 19.1 Å². The molecule has 0 saturated carbocycles. The molecule has 2 aromatic carbocycles. The second-order valence-electron chi connectivity index (χ2n) is 5.46. The van der Waals surface area contributed by atoms with Gasteiger partial charge in [-0.05, 0) is 53.5 Å². The number of hydrogen-bond acceptors (Lipinski definition) is 4. The van der Waals surface area contributed by atoms with Gasteiger partial charge in [-0.15, -0.1) is 0 Å². The largest absolute Gasteiger partial charge is 0.490 e. The summed E-state index contributed by atoms with van der Waals surface area (Å²) in [5.41, 5.74) is 1.77. The van der Waals surface area contributed by atoms with Crippen molar-refractivity contribution >= 4 is 33.6 Å². The van der Waals surface area contributed by atoms with Crippen LogP contribution in [0.2, 0.25) is 0 Å². The Bertz CT molecular complexity index is 846. The molecule has 0 fully saturated rings. The Kier molecular flexibility index (Phi) is 5.04. The van der Waals surface area contributed by atoms with Crippen molar-refractivity contribution in [2.45, 2.75) is 13.8 Å². The van der Waals surface area contributed by atoms with Crippen LogP contribution in [-0.4, -0.2) is 24.8 Å². The highest BCUT2D eigenvalue weighted by Gasteiger charge is 2.32. The molecule has 4 nitrogen and oxygen atoms in total. The molecule has 0 amide bonds. The number of ether oxygens (including phenoxy) is 2. The molecule has 0 aromatic heterocycles. The third-order valence-corrected chi connectivity index (χ3v) is 4.43. The smallest absolute Gasteiger partial charge is 0.197 e. The van der Waals surface area contributed by atoms with Crippen LogP contribution in [0.15, 0.2) is 46.4 Å². The number of carbonyl (C=O) groups is 2. The topological polar surface area (TPSA) is 52.6 Å². The van der Waals surface area contributed by atoms with Gasteiger partial charge in [-0.25, -0.2) is 0 Å². The van der Waals surface area contributed by atoms with Crippen LogP contribution >= 0.6 is 15.9 Å². The summed E-state index contributed by atoms with van der Waals surface area (Å²) in [4.78, 5) is 25.0. The molecular weight excluding hydrogens is 384 g/mol. The van der Waals surface area contributed by atoms with Crippen LogP contribution in [0.4, 0.5) is 0 Å². The van der Waals surface area contributed by atoms with Gasteiger partial charge in [0, 0.05) is 11.1 Å². The van der Waals surface area contributed by atoms with Gasteiger partial charge in [0.05, 0.1) is 23.3 Å². The standard InChI is InChI=1S/C20H17BrO4/c1-3-24-17-11-12(10-16(21)20(17)25-4-2)9-15-18(22)13-7-5-6-8-14(13)19(15)23/h5-11H,3-4H2,1-2H3. The lowest BCUT2D eigenvalue weighted by Gasteiger charge is -2.13. The second-order valence-corrected chi connectivity index (χ2v) is 6.31. The number of ketones is 2. The second kappa shape index (κ2) is 7.23. The van der Waals surface area contributed by atoms with Crippen molar-refractivity contribution in [2.75, 3.05) is 13.2 Å². The number of carbonyl (C=O) groups excluding carboxylic acids is 2. The Labute approximate surface area is 154 Å². The van der Waals surface area contributed by atoms with Gasteiger partial charge in [-0.3, -0.25) is 9.59 Å². The first-order chi connectivity index (χ1) is 12.1. The van der Waals surface area contributed by atoms with Crippen molar-refractivity contribution in [2.24, 2.45) is 0 Å². The molecule has 25 heavy (non-hydrogen) atoms. The summed E-state index contributed by atoms with van der Waals surface area (Å²) >= 11 is 3.47. The lowest BCUT2D eigenvalue weighted by Crippen LogP contribution is -2.02. The van der Waals surface area contributed by atoms with Gasteiger partial charge in [0.25, 0.3) is 0 Å². The highest BCUT2D eigenvalue weighted by Crippen LogP contribution is 2.38. The van der Waals surface area contributed by atoms with Crippen LogP contribution in [0.5, 0.6) is 11.5 Å². The maximum atomic E-state index is 12.5. The minimum Gasteiger partial charge on any atom is -0.490 e. The monoisotopic (exact) mass is 400 g/mol. The fourth-order valence-electron chi connectivity index (χ4n) is 2.79. The number of Topliss-reactive ketones (excluding diaryl/α,β-unsaturated/α-hetero) is 2. The average Bonchev–Trinajstić information content (AvgIpc) is 2.84. The maximum absolute atomic E-state index is 12.5. The summed E-state index contributed by atoms with van der Waals surface area (Å²) in [5, 5.41) is 0. The summed E-state index contributed by atoms with van der Waals surface area (Å²) in [6.45, 7) is 4.77. The SMILES string of the molecule is CCOc1cc(C=C2C(=O)c3ccccc3C2=O)cc(Br)c1OCC. The van der Waals surface area contributed by atoms with E-state index >= 15 is 0 Å². The first kappa shape index (κ1) is 17.4. The molecule has 0 heterocycles. The number of hydrogen-bond donors (Lipinski definition) is 0. The van der Waals surface area contributed by atoms with E-state index in [0.717, 1.165) is 0 Å². The number of rotatable bonds is 5. The zero-order chi connectivity index (χ0) is 18.0. The highest BCUT2D eigenvalue weighted by molar-refractivity contribution is 9.10. The maximum Gasteiger partial charge on any atom is 0.197 e. The van der Waals surface area contributed by atoms with Gasteiger partial charge in [0.15, 0.2) is 23.1 Å². The zero-order valence-electron chi connectivity index (χ0n) is 14.0. The molecule has 2 aromatic rings. The summed E-state index contributed by atoms with van der Waals surface area (Å²) < 4.78 is 12.0. The highest BCUT2D eigenvalue weighted by atomic mass is 79.9. The Morgan fingerprint density at radius 3 is 2.12 bits per heavy atom. The third kappa shape index (κ3) is 3.24. The van der Waals surface area contributed by atoms with E-state index in [2.05, 4.69) is 15.9 Å². The van der Waals surface area contributed by atoms with Crippen molar-refractivity contribution in [3.05, 3.63) is 63.1 Å². The van der Waals surface area contributed by atoms with Crippen LogP contribution < -0.4 is 9.47 Å². The minimum atomic E-state index is -0.247. The number of benzene rings is 2. The van der Waals surface area contributed by atoms with Crippen LogP contribution in [0.3, 0.4) is 0 Å². The van der Waals surface area contributed by atoms with Gasteiger partial charge >= 0.3 is 0 Å². The van der Waals surface area contributed by atoms with Gasteiger partial charge in [-0.2, -0.15) is 0 Å². The predicted octanol–water partition coefficient (Wildman–Crippen LogP) is 4.71. The number of allylic oxidation sites excluding steroid dienone is 1. The van der Waals surface area contributed by atoms with Crippen molar-refractivity contribution in [1.82, 2.24) is 0 Å². The lowest BCUT2D eigenvalue weighted by molar-refractivity contribution is 0.0990. The first-order valence-corrected chi connectivity index (χ1v) is 8.85. The summed E-state index contributed by atoms with van der Waals surface area (Å²) in [6.07, 6.45) is 1.60. The fraction of sp³-hybridized carbons (Fsp3) is 0.200. The molecule has 5 heteroatoms. The van der Waals surface area contributed by atoms with E-state index in [9.17, 15) is 9.59 Å². The Hall–Kier alpha value is -2.40. The fourth-order valence-corrected chi connectivity index (χ4v) is 3.36. The van der Waals surface area contributed by atoms with Gasteiger partial charge in [-0.1, -0.05) is 24.3 Å². The molecule has 0 unspecified atom stereocenters. The molecule has 0 radical (unpaired) electrons. The zero-order valence-corrected chi connectivity index (χ0v) is 15.6. The van der Waals surface area contributed by atoms with E-state index in [0.29, 0.717) is 45.9 Å². The molecule has 1 aliphatic rings. The van der Waals surface area contributed by atoms with Gasteiger partial charge in [0.2, 0.25) is 0 Å². The van der Waals surface area contributed by atoms with E-state index in [4.69, 9.17) is 9.47 Å². The Morgan fingerprint density at radius 2 is 1.56 bits per heavy atom. The van der Waals surface area contributed by atoms with Crippen LogP contribution in [0.25, 0.3) is 6.08 Å². The average molecular weight is 401 g/mol. The third-order valence-electron chi connectivity index (χ3n) is 3.84. The Balaban J connectivity index is 2.05. The van der Waals surface area contributed by atoms with Crippen LogP contribution in [-0.2, 0) is 0 Å². The van der Waals surface area contributed by atoms with E-state index in [1.807, 2.05) is 19.9 Å². The van der Waals surface area contributed by atoms with Crippen LogP contribution in [0.1, 0.15) is 40.1 Å². The molecule has 0 spiro atoms. The minimum absolute atomic E-state index is 0.166. The molecule has 0 atom stereocenters. The molecule has 0 bridgehead atoms. The normalized spacial score (nSPS) is 13.0. The summed E-state index contributed by atoms with van der Waals surface area (Å²) in [7, 11) is 0. The van der Waals surface area contributed by atoms with E-state index in [-0.39, 0.29) is 17.1 Å². The van der Waals surface area contributed by atoms with E-state index in [1.165, 1.54) is 0 Å². The van der Waals surface area contributed by atoms with Gasteiger partial charge in [0.1, 0.15) is 0 Å². The first-order valence-electron chi connectivity index (χ1n) is 8.06. The molecule has 128 valence electrons. The summed E-state index contributed by atoms with van der Waals surface area (Å²) in [5.74, 6) is 0.687. The molecule has 0 N–H and O–H groups in total. The molecule has 3 rings (SSSR count). The van der Waals surface area contributed by atoms with Crippen molar-refractivity contribution in [3.63, 3.8) is 0 Å². The van der Waals surface area contributed by atoms with Crippen molar-refractivity contribution in [3.8, 4) is 11.5 Å². The molecular formula is C20H17BrO4. The number of fused-ring (bicyclic) bond motifs is 1. The molecule has 1 aliphatic carbocycles. The number of halogens is 1. The quantitative estimate of drug-likeness (QED) is 0.538. The van der Waals surface area contributed by atoms with Gasteiger partial charge < -0.3 is 9.47 Å². The summed E-state index contributed by atoms with van der Waals surface area (Å²) in [6, 6.07) is 10.5. The Morgan fingerprint density at radius 1 is 0.960 bits per heavy atom. The molecule has 0 aliphatic heterocycles. The lowest BCUT2D eigenvalue weighted by atomic mass is 10.1. The van der Waals surface area contributed by atoms with E-state index in [1.54, 1.807) is 36.4 Å².